The molecule has 0 bridgehead atoms. The van der Waals surface area contributed by atoms with Gasteiger partial charge in [-0.2, -0.15) is 5.10 Å². The van der Waals surface area contributed by atoms with Gasteiger partial charge >= 0.3 is 5.97 Å². The van der Waals surface area contributed by atoms with Crippen molar-refractivity contribution in [2.24, 2.45) is 0 Å². The Morgan fingerprint density at radius 2 is 1.94 bits per heavy atom. The molecule has 2 heterocycles. The maximum atomic E-state index is 11.2. The number of ether oxygens (including phenoxy) is 1. The van der Waals surface area contributed by atoms with Crippen LogP contribution in [0.15, 0.2) is 73.2 Å². The summed E-state index contributed by atoms with van der Waals surface area (Å²) in [4.78, 5) is 15.4. The van der Waals surface area contributed by atoms with E-state index in [2.05, 4.69) is 33.1 Å². The van der Waals surface area contributed by atoms with Crippen molar-refractivity contribution in [3.63, 3.8) is 0 Å². The van der Waals surface area contributed by atoms with Gasteiger partial charge in [0.15, 0.2) is 0 Å². The molecule has 0 radical (unpaired) electrons. The summed E-state index contributed by atoms with van der Waals surface area (Å²) in [6.07, 6.45) is 5.79. The number of carboxylic acid groups (broad SMARTS) is 1. The second-order valence-electron chi connectivity index (χ2n) is 7.50. The Labute approximate surface area is 186 Å². The summed E-state index contributed by atoms with van der Waals surface area (Å²) in [5.41, 5.74) is 3.94. The topological polar surface area (TPSA) is 88.1 Å². The Morgan fingerprint density at radius 1 is 1.12 bits per heavy atom. The zero-order chi connectivity index (χ0) is 22.3. The molecule has 0 saturated carbocycles. The van der Waals surface area contributed by atoms with Crippen LogP contribution in [-0.2, 0) is 11.2 Å². The molecule has 0 aliphatic heterocycles. The number of aliphatic carboxylic acids is 1. The summed E-state index contributed by atoms with van der Waals surface area (Å²) in [7, 11) is 0. The van der Waals surface area contributed by atoms with Crippen LogP contribution in [0.4, 0.5) is 0 Å². The third-order valence-corrected chi connectivity index (χ3v) is 5.24. The molecule has 2 atom stereocenters. The third-order valence-electron chi connectivity index (χ3n) is 5.24. The fourth-order valence-electron chi connectivity index (χ4n) is 3.67. The molecule has 2 unspecified atom stereocenters. The number of benzene rings is 2. The summed E-state index contributed by atoms with van der Waals surface area (Å²) in [6, 6.07) is 17.6. The van der Waals surface area contributed by atoms with Crippen molar-refractivity contribution in [1.29, 1.82) is 0 Å². The van der Waals surface area contributed by atoms with Crippen LogP contribution in [0, 0.1) is 11.8 Å². The van der Waals surface area contributed by atoms with Crippen LogP contribution < -0.4 is 4.74 Å². The Hall–Kier alpha value is -4.11. The molecule has 6 nitrogen and oxygen atoms in total. The normalized spacial score (nSPS) is 12.5. The molecule has 0 fully saturated rings. The van der Waals surface area contributed by atoms with E-state index < -0.39 is 5.97 Å². The number of H-pyrrole nitrogens is 1. The molecule has 0 amide bonds. The second kappa shape index (κ2) is 9.80. The van der Waals surface area contributed by atoms with Crippen molar-refractivity contribution in [3.8, 4) is 17.6 Å². The molecule has 2 aromatic carbocycles. The first kappa shape index (κ1) is 21.1. The summed E-state index contributed by atoms with van der Waals surface area (Å²) in [6.45, 7) is 1.71. The van der Waals surface area contributed by atoms with Crippen LogP contribution >= 0.6 is 0 Å². The number of hydrogen-bond acceptors (Lipinski definition) is 4. The van der Waals surface area contributed by atoms with Gasteiger partial charge in [0.2, 0.25) is 0 Å². The van der Waals surface area contributed by atoms with Crippen LogP contribution in [0.5, 0.6) is 5.75 Å². The molecule has 160 valence electrons. The fraction of sp³-hybridized carbons (Fsp3) is 0.192. The van der Waals surface area contributed by atoms with Crippen molar-refractivity contribution in [2.45, 2.75) is 31.8 Å². The summed E-state index contributed by atoms with van der Waals surface area (Å²) < 4.78 is 6.40. The van der Waals surface area contributed by atoms with Crippen LogP contribution in [0.2, 0.25) is 0 Å². The second-order valence-corrected chi connectivity index (χ2v) is 7.50. The lowest BCUT2D eigenvalue weighted by atomic mass is 9.96. The molecule has 4 rings (SSSR count). The average molecular weight is 425 g/mol. The number of nitrogens with one attached hydrogen (secondary N) is 1. The van der Waals surface area contributed by atoms with Gasteiger partial charge in [-0.05, 0) is 53.9 Å². The lowest BCUT2D eigenvalue weighted by molar-refractivity contribution is -0.137. The number of hydrogen-bond donors (Lipinski definition) is 2. The molecule has 4 aromatic rings. The summed E-state index contributed by atoms with van der Waals surface area (Å²) in [5.74, 6) is 5.28. The number of nitrogens with zero attached hydrogens (tertiary/aromatic N) is 2. The summed E-state index contributed by atoms with van der Waals surface area (Å²) >= 11 is 0. The standard InChI is InChI=1S/C26H23N3O3/c1-2-4-20(15-26(30)31)19-6-9-23(10-7-19)32-25(13-18-5-3-12-27-16-18)21-8-11-24-22(14-21)17-28-29-24/h3,5-12,14,16-17,20,25H,13,15H2,1H3,(H,28,29)(H,30,31). The predicted molar refractivity (Wildman–Crippen MR) is 122 cm³/mol. The highest BCUT2D eigenvalue weighted by molar-refractivity contribution is 5.78. The Balaban J connectivity index is 1.60. The van der Waals surface area contributed by atoms with Crippen LogP contribution in [0.1, 0.15) is 42.1 Å². The van der Waals surface area contributed by atoms with Gasteiger partial charge in [-0.15, -0.1) is 5.92 Å². The minimum absolute atomic E-state index is 0.0324. The quantitative estimate of drug-likeness (QED) is 0.392. The van der Waals surface area contributed by atoms with Crippen molar-refractivity contribution >= 4 is 16.9 Å². The van der Waals surface area contributed by atoms with Gasteiger partial charge in [0.25, 0.3) is 0 Å². The van der Waals surface area contributed by atoms with Gasteiger partial charge in [0.05, 0.1) is 24.1 Å². The average Bonchev–Trinajstić information content (AvgIpc) is 3.27. The van der Waals surface area contributed by atoms with Gasteiger partial charge in [0.1, 0.15) is 11.9 Å². The molecular weight excluding hydrogens is 402 g/mol. The minimum Gasteiger partial charge on any atom is -0.485 e. The molecule has 0 spiro atoms. The first-order valence-corrected chi connectivity index (χ1v) is 10.3. The van der Waals surface area contributed by atoms with E-state index in [9.17, 15) is 4.79 Å². The minimum atomic E-state index is -0.871. The maximum Gasteiger partial charge on any atom is 0.304 e. The fourth-order valence-corrected chi connectivity index (χ4v) is 3.67. The third kappa shape index (κ3) is 5.13. The predicted octanol–water partition coefficient (Wildman–Crippen LogP) is 4.90. The van der Waals surface area contributed by atoms with Crippen molar-refractivity contribution < 1.29 is 14.6 Å². The highest BCUT2D eigenvalue weighted by Crippen LogP contribution is 2.29. The van der Waals surface area contributed by atoms with Crippen LogP contribution in [-0.4, -0.2) is 26.3 Å². The van der Waals surface area contributed by atoms with E-state index in [-0.39, 0.29) is 18.4 Å². The van der Waals surface area contributed by atoms with Crippen LogP contribution in [0.25, 0.3) is 10.9 Å². The van der Waals surface area contributed by atoms with E-state index in [0.29, 0.717) is 12.2 Å². The van der Waals surface area contributed by atoms with Crippen LogP contribution in [0.3, 0.4) is 0 Å². The number of carboxylic acids is 1. The van der Waals surface area contributed by atoms with Gasteiger partial charge in [-0.3, -0.25) is 14.9 Å². The monoisotopic (exact) mass is 425 g/mol. The molecule has 32 heavy (non-hydrogen) atoms. The molecule has 6 heteroatoms. The molecule has 2 N–H and O–H groups in total. The smallest absolute Gasteiger partial charge is 0.304 e. The van der Waals surface area contributed by atoms with E-state index in [1.54, 1.807) is 19.3 Å². The van der Waals surface area contributed by atoms with E-state index in [0.717, 1.165) is 27.6 Å². The zero-order valence-electron chi connectivity index (χ0n) is 17.7. The van der Waals surface area contributed by atoms with E-state index in [4.69, 9.17) is 9.84 Å². The number of carbonyl (C=O) groups is 1. The number of pyridine rings is 1. The highest BCUT2D eigenvalue weighted by atomic mass is 16.5. The number of aromatic amines is 1. The number of fused-ring (bicyclic) bond motifs is 1. The maximum absolute atomic E-state index is 11.2. The number of aromatic nitrogens is 3. The SMILES string of the molecule is CC#CC(CC(=O)O)c1ccc(OC(Cc2cccnc2)c2ccc3[nH]ncc3c2)cc1. The van der Waals surface area contributed by atoms with Gasteiger partial charge < -0.3 is 9.84 Å². The van der Waals surface area contributed by atoms with Gasteiger partial charge in [-0.1, -0.05) is 30.2 Å². The molecule has 0 aliphatic carbocycles. The lowest BCUT2D eigenvalue weighted by Crippen LogP contribution is -2.11. The number of rotatable bonds is 8. The van der Waals surface area contributed by atoms with Crippen molar-refractivity contribution in [2.75, 3.05) is 0 Å². The van der Waals surface area contributed by atoms with E-state index in [1.807, 2.05) is 54.7 Å². The van der Waals surface area contributed by atoms with E-state index in [1.165, 1.54) is 0 Å². The van der Waals surface area contributed by atoms with Crippen molar-refractivity contribution in [3.05, 3.63) is 89.9 Å². The summed E-state index contributed by atoms with van der Waals surface area (Å²) in [5, 5.41) is 17.3. The Morgan fingerprint density at radius 3 is 2.66 bits per heavy atom. The van der Waals surface area contributed by atoms with Gasteiger partial charge in [0, 0.05) is 24.2 Å². The van der Waals surface area contributed by atoms with Gasteiger partial charge in [-0.25, -0.2) is 0 Å². The largest absolute Gasteiger partial charge is 0.485 e. The highest BCUT2D eigenvalue weighted by Gasteiger charge is 2.17. The molecular formula is C26H23N3O3. The first-order valence-electron chi connectivity index (χ1n) is 10.3. The lowest BCUT2D eigenvalue weighted by Gasteiger charge is -2.20. The molecule has 0 saturated heterocycles. The van der Waals surface area contributed by atoms with E-state index >= 15 is 0 Å². The molecule has 2 aromatic heterocycles. The Bertz CT molecular complexity index is 1250. The first-order chi connectivity index (χ1) is 15.6. The van der Waals surface area contributed by atoms with Crippen molar-refractivity contribution in [1.82, 2.24) is 15.2 Å². The molecule has 0 aliphatic rings. The Kier molecular flexibility index (Phi) is 6.47. The zero-order valence-corrected chi connectivity index (χ0v) is 17.7.